The molecule has 0 aliphatic heterocycles. The molecule has 3 rings (SSSR count). The molecule has 36 heavy (non-hydrogen) atoms. The number of halogens is 6. The van der Waals surface area contributed by atoms with E-state index in [2.05, 4.69) is 4.90 Å². The van der Waals surface area contributed by atoms with Gasteiger partial charge in [0.25, 0.3) is 0 Å². The van der Waals surface area contributed by atoms with E-state index in [1.165, 1.54) is 13.8 Å². The molecule has 0 aliphatic rings. The normalized spacial score (nSPS) is 14.1. The van der Waals surface area contributed by atoms with Gasteiger partial charge in [0.2, 0.25) is 0 Å². The van der Waals surface area contributed by atoms with Crippen molar-refractivity contribution in [2.75, 3.05) is 13.2 Å². The average Bonchev–Trinajstić information content (AvgIpc) is 2.81. The van der Waals surface area contributed by atoms with Crippen LogP contribution in [-0.2, 0) is 19.0 Å². The molecule has 3 aromatic carbocycles. The van der Waals surface area contributed by atoms with Crippen molar-refractivity contribution in [3.8, 4) is 5.75 Å². The summed E-state index contributed by atoms with van der Waals surface area (Å²) in [4.78, 5) is 2.14. The minimum Gasteiger partial charge on any atom is -0.492 e. The largest absolute Gasteiger partial charge is 0.492 e. The van der Waals surface area contributed by atoms with Crippen LogP contribution in [0.2, 0.25) is 0 Å². The fourth-order valence-corrected chi connectivity index (χ4v) is 3.90. The molecule has 0 heterocycles. The monoisotopic (exact) mass is 511 g/mol. The van der Waals surface area contributed by atoms with Crippen LogP contribution in [0.3, 0.4) is 0 Å². The molecule has 1 unspecified atom stereocenters. The Morgan fingerprint density at radius 1 is 0.750 bits per heavy atom. The first-order valence-corrected chi connectivity index (χ1v) is 11.2. The van der Waals surface area contributed by atoms with Crippen LogP contribution in [0.5, 0.6) is 5.75 Å². The molecule has 9 heteroatoms. The molecule has 0 aromatic heterocycles. The third-order valence-corrected chi connectivity index (χ3v) is 5.77. The Kier molecular flexibility index (Phi) is 8.36. The highest BCUT2D eigenvalue weighted by molar-refractivity contribution is 5.45. The Bertz CT molecular complexity index is 1070. The lowest BCUT2D eigenvalue weighted by atomic mass is 9.96. The van der Waals surface area contributed by atoms with E-state index >= 15 is 0 Å². The molecule has 0 aliphatic carbocycles. The highest BCUT2D eigenvalue weighted by Gasteiger charge is 2.71. The van der Waals surface area contributed by atoms with E-state index in [0.717, 1.165) is 11.1 Å². The second-order valence-corrected chi connectivity index (χ2v) is 8.66. The SMILES string of the molecule is Cc1cc(C(F)(F)C(O)(F)C(F)(F)F)cc(C)c1OCCN(Cc1ccccc1)Cc1ccccc1. The van der Waals surface area contributed by atoms with Gasteiger partial charge in [0, 0.05) is 25.2 Å². The van der Waals surface area contributed by atoms with Gasteiger partial charge in [-0.05, 0) is 48.2 Å². The molecular formula is C27H27F6NO2. The molecule has 0 saturated heterocycles. The zero-order valence-corrected chi connectivity index (χ0v) is 19.8. The van der Waals surface area contributed by atoms with E-state index < -0.39 is 23.5 Å². The van der Waals surface area contributed by atoms with Crippen LogP contribution >= 0.6 is 0 Å². The third kappa shape index (κ3) is 6.20. The number of hydrogen-bond acceptors (Lipinski definition) is 3. The van der Waals surface area contributed by atoms with Gasteiger partial charge in [-0.1, -0.05) is 60.7 Å². The molecule has 3 nitrogen and oxygen atoms in total. The highest BCUT2D eigenvalue weighted by Crippen LogP contribution is 2.49. The van der Waals surface area contributed by atoms with Crippen LogP contribution in [0.25, 0.3) is 0 Å². The molecule has 0 spiro atoms. The summed E-state index contributed by atoms with van der Waals surface area (Å²) in [6, 6.07) is 21.0. The van der Waals surface area contributed by atoms with Gasteiger partial charge >= 0.3 is 18.0 Å². The average molecular weight is 512 g/mol. The summed E-state index contributed by atoms with van der Waals surface area (Å²) in [5.41, 5.74) is 1.09. The highest BCUT2D eigenvalue weighted by atomic mass is 19.4. The van der Waals surface area contributed by atoms with Crippen molar-refractivity contribution in [2.45, 2.75) is 44.9 Å². The van der Waals surface area contributed by atoms with Crippen LogP contribution in [0.15, 0.2) is 72.8 Å². The number of rotatable bonds is 10. The van der Waals surface area contributed by atoms with Crippen LogP contribution < -0.4 is 4.74 Å². The van der Waals surface area contributed by atoms with E-state index in [1.54, 1.807) is 0 Å². The van der Waals surface area contributed by atoms with Crippen molar-refractivity contribution in [2.24, 2.45) is 0 Å². The van der Waals surface area contributed by atoms with Gasteiger partial charge in [-0.3, -0.25) is 4.90 Å². The summed E-state index contributed by atoms with van der Waals surface area (Å²) in [6.07, 6.45) is -6.17. The Labute approximate surface area is 205 Å². The van der Waals surface area contributed by atoms with Crippen LogP contribution in [0.4, 0.5) is 26.3 Å². The Balaban J connectivity index is 1.74. The number of benzene rings is 3. The second-order valence-electron chi connectivity index (χ2n) is 8.66. The van der Waals surface area contributed by atoms with Crippen molar-refractivity contribution in [1.82, 2.24) is 4.90 Å². The van der Waals surface area contributed by atoms with Gasteiger partial charge in [0.1, 0.15) is 12.4 Å². The van der Waals surface area contributed by atoms with Gasteiger partial charge in [-0.25, -0.2) is 0 Å². The van der Waals surface area contributed by atoms with E-state index in [0.29, 0.717) is 31.8 Å². The van der Waals surface area contributed by atoms with Crippen LogP contribution in [-0.4, -0.2) is 35.2 Å². The van der Waals surface area contributed by atoms with E-state index in [9.17, 15) is 26.3 Å². The van der Waals surface area contributed by atoms with Gasteiger partial charge in [-0.2, -0.15) is 26.3 Å². The van der Waals surface area contributed by atoms with Crippen molar-refractivity contribution >= 4 is 0 Å². The molecule has 0 fully saturated rings. The van der Waals surface area contributed by atoms with Crippen LogP contribution in [0.1, 0.15) is 27.8 Å². The van der Waals surface area contributed by atoms with E-state index in [4.69, 9.17) is 9.84 Å². The van der Waals surface area contributed by atoms with Crippen molar-refractivity contribution in [1.29, 1.82) is 0 Å². The maximum Gasteiger partial charge on any atom is 0.455 e. The minimum absolute atomic E-state index is 0.0975. The molecule has 194 valence electrons. The lowest BCUT2D eigenvalue weighted by Crippen LogP contribution is -2.53. The van der Waals surface area contributed by atoms with Gasteiger partial charge in [0.15, 0.2) is 0 Å². The molecular weight excluding hydrogens is 484 g/mol. The fourth-order valence-electron chi connectivity index (χ4n) is 3.90. The number of alkyl halides is 6. The maximum atomic E-state index is 14.3. The second kappa shape index (κ2) is 10.9. The zero-order valence-electron chi connectivity index (χ0n) is 19.8. The van der Waals surface area contributed by atoms with Gasteiger partial charge in [0.05, 0.1) is 0 Å². The first-order chi connectivity index (χ1) is 16.8. The van der Waals surface area contributed by atoms with Gasteiger partial charge in [-0.15, -0.1) is 0 Å². The van der Waals surface area contributed by atoms with Gasteiger partial charge < -0.3 is 9.84 Å². The van der Waals surface area contributed by atoms with Crippen molar-refractivity contribution in [3.63, 3.8) is 0 Å². The summed E-state index contributed by atoms with van der Waals surface area (Å²) in [6.45, 7) is 4.66. The number of nitrogens with zero attached hydrogens (tertiary/aromatic N) is 1. The predicted molar refractivity (Wildman–Crippen MR) is 124 cm³/mol. The molecule has 0 saturated carbocycles. The maximum absolute atomic E-state index is 14.3. The third-order valence-electron chi connectivity index (χ3n) is 5.77. The molecule has 0 radical (unpaired) electrons. The predicted octanol–water partition coefficient (Wildman–Crippen LogP) is 6.70. The standard InChI is InChI=1S/C27H27F6NO2/c1-19-15-23(25(28,29)26(30,35)27(31,32)33)16-20(2)24(19)36-14-13-34(17-21-9-5-3-6-10-21)18-22-11-7-4-8-12-22/h3-12,15-16,35H,13-14,17-18H2,1-2H3. The van der Waals surface area contributed by atoms with E-state index in [-0.39, 0.29) is 23.5 Å². The first-order valence-electron chi connectivity index (χ1n) is 11.2. The summed E-state index contributed by atoms with van der Waals surface area (Å²) >= 11 is 0. The quantitative estimate of drug-likeness (QED) is 0.308. The Morgan fingerprint density at radius 2 is 1.19 bits per heavy atom. The minimum atomic E-state index is -6.17. The fraction of sp³-hybridized carbons (Fsp3) is 0.333. The number of ether oxygens (including phenoxy) is 1. The summed E-state index contributed by atoms with van der Waals surface area (Å²) in [5.74, 6) is -10.7. The number of aryl methyl sites for hydroxylation is 2. The van der Waals surface area contributed by atoms with Crippen molar-refractivity contribution in [3.05, 3.63) is 101 Å². The van der Waals surface area contributed by atoms with E-state index in [1.807, 2.05) is 60.7 Å². The zero-order chi connectivity index (χ0) is 26.6. The number of aliphatic hydroxyl groups is 1. The molecule has 1 N–H and O–H groups in total. The number of hydrogen-bond donors (Lipinski definition) is 1. The Morgan fingerprint density at radius 3 is 1.61 bits per heavy atom. The molecule has 0 bridgehead atoms. The first kappa shape index (κ1) is 27.5. The lowest BCUT2D eigenvalue weighted by molar-refractivity contribution is -0.390. The summed E-state index contributed by atoms with van der Waals surface area (Å²) in [7, 11) is 0. The topological polar surface area (TPSA) is 32.7 Å². The van der Waals surface area contributed by atoms with Crippen LogP contribution in [0, 0.1) is 13.8 Å². The molecule has 0 amide bonds. The van der Waals surface area contributed by atoms with Crippen molar-refractivity contribution < 1.29 is 36.2 Å². The smallest absolute Gasteiger partial charge is 0.455 e. The lowest BCUT2D eigenvalue weighted by Gasteiger charge is -2.31. The molecule has 1 atom stereocenters. The summed E-state index contributed by atoms with van der Waals surface area (Å²) < 4.78 is 86.3. The Hall–Kier alpha value is -3.04. The molecule has 3 aromatic rings. The summed E-state index contributed by atoms with van der Waals surface area (Å²) in [5, 5.41) is 8.95.